The lowest BCUT2D eigenvalue weighted by atomic mass is 9.95. The number of hydrogen-bond acceptors (Lipinski definition) is 1. The van der Waals surface area contributed by atoms with Gasteiger partial charge in [0, 0.05) is 11.6 Å². The fourth-order valence-corrected chi connectivity index (χ4v) is 1.21. The van der Waals surface area contributed by atoms with Gasteiger partial charge >= 0.3 is 0 Å². The molecule has 0 radical (unpaired) electrons. The van der Waals surface area contributed by atoms with Gasteiger partial charge in [-0.05, 0) is 12.0 Å². The molecule has 2 N–H and O–H groups in total. The molecule has 1 aromatic rings. The van der Waals surface area contributed by atoms with Crippen LogP contribution >= 0.6 is 0 Å². The molecule has 0 heterocycles. The van der Waals surface area contributed by atoms with Gasteiger partial charge in [-0.15, -0.1) is 6.58 Å². The van der Waals surface area contributed by atoms with Crippen molar-refractivity contribution < 1.29 is 8.78 Å². The molecular weight excluding hydrogens is 184 g/mol. The van der Waals surface area contributed by atoms with Crippen LogP contribution in [0, 0.1) is 17.6 Å². The van der Waals surface area contributed by atoms with Gasteiger partial charge in [-0.3, -0.25) is 0 Å². The minimum absolute atomic E-state index is 0.0914. The van der Waals surface area contributed by atoms with Crippen molar-refractivity contribution in [2.75, 3.05) is 0 Å². The molecule has 3 heteroatoms. The van der Waals surface area contributed by atoms with Gasteiger partial charge in [0.2, 0.25) is 0 Å². The molecule has 1 rings (SSSR count). The number of benzene rings is 1. The molecule has 0 saturated carbocycles. The topological polar surface area (TPSA) is 26.0 Å². The summed E-state index contributed by atoms with van der Waals surface area (Å²) >= 11 is 0. The highest BCUT2D eigenvalue weighted by Crippen LogP contribution is 2.23. The van der Waals surface area contributed by atoms with Gasteiger partial charge in [-0.25, -0.2) is 8.78 Å². The Morgan fingerprint density at radius 3 is 2.64 bits per heavy atom. The van der Waals surface area contributed by atoms with E-state index < -0.39 is 17.7 Å². The van der Waals surface area contributed by atoms with Gasteiger partial charge in [-0.1, -0.05) is 25.1 Å². The number of nitrogens with two attached hydrogens (primary N) is 1. The fourth-order valence-electron chi connectivity index (χ4n) is 1.21. The Hall–Kier alpha value is -1.22. The standard InChI is InChI=1S/C11H13F2N/c1-3-7(2)11(14)8-5-4-6-9(12)10(8)13/h3-7,11H,1,14H2,2H3/t7-,11-/m0/s1. The largest absolute Gasteiger partial charge is 0.323 e. The van der Waals surface area contributed by atoms with Crippen molar-refractivity contribution >= 4 is 0 Å². The zero-order chi connectivity index (χ0) is 10.7. The van der Waals surface area contributed by atoms with Crippen molar-refractivity contribution in [1.29, 1.82) is 0 Å². The summed E-state index contributed by atoms with van der Waals surface area (Å²) in [6.45, 7) is 5.37. The first-order valence-electron chi connectivity index (χ1n) is 4.40. The van der Waals surface area contributed by atoms with Crippen molar-refractivity contribution in [1.82, 2.24) is 0 Å². The maximum atomic E-state index is 13.3. The van der Waals surface area contributed by atoms with E-state index in [0.29, 0.717) is 0 Å². The second-order valence-corrected chi connectivity index (χ2v) is 3.26. The average Bonchev–Trinajstić information content (AvgIpc) is 2.20. The molecule has 1 aromatic carbocycles. The Balaban J connectivity index is 3.06. The summed E-state index contributed by atoms with van der Waals surface area (Å²) in [5, 5.41) is 0. The van der Waals surface area contributed by atoms with Crippen LogP contribution in [-0.4, -0.2) is 0 Å². The summed E-state index contributed by atoms with van der Waals surface area (Å²) in [6.07, 6.45) is 1.62. The monoisotopic (exact) mass is 197 g/mol. The van der Waals surface area contributed by atoms with Gasteiger partial charge < -0.3 is 5.73 Å². The SMILES string of the molecule is C=C[C@H](C)[C@H](N)c1cccc(F)c1F. The first-order chi connectivity index (χ1) is 6.57. The van der Waals surface area contributed by atoms with Crippen LogP contribution in [0.5, 0.6) is 0 Å². The molecule has 14 heavy (non-hydrogen) atoms. The Labute approximate surface area is 82.2 Å². The van der Waals surface area contributed by atoms with Crippen molar-refractivity contribution in [2.24, 2.45) is 11.7 Å². The lowest BCUT2D eigenvalue weighted by Gasteiger charge is -2.17. The molecule has 2 atom stereocenters. The molecule has 0 fully saturated rings. The molecule has 0 amide bonds. The summed E-state index contributed by atoms with van der Waals surface area (Å²) in [6, 6.07) is 3.46. The van der Waals surface area contributed by atoms with Crippen molar-refractivity contribution in [2.45, 2.75) is 13.0 Å². The van der Waals surface area contributed by atoms with Crippen molar-refractivity contribution in [3.8, 4) is 0 Å². The summed E-state index contributed by atoms with van der Waals surface area (Å²) < 4.78 is 26.1. The predicted octanol–water partition coefficient (Wildman–Crippen LogP) is 2.79. The summed E-state index contributed by atoms with van der Waals surface area (Å²) in [5.41, 5.74) is 5.93. The van der Waals surface area contributed by atoms with E-state index in [2.05, 4.69) is 6.58 Å². The second kappa shape index (κ2) is 4.33. The molecule has 76 valence electrons. The van der Waals surface area contributed by atoms with E-state index in [1.807, 2.05) is 6.92 Å². The van der Waals surface area contributed by atoms with Crippen molar-refractivity contribution in [3.05, 3.63) is 48.1 Å². The maximum Gasteiger partial charge on any atom is 0.163 e. The van der Waals surface area contributed by atoms with Crippen LogP contribution in [0.4, 0.5) is 8.78 Å². The van der Waals surface area contributed by atoms with Crippen LogP contribution in [0.15, 0.2) is 30.9 Å². The quantitative estimate of drug-likeness (QED) is 0.741. The molecule has 0 spiro atoms. The first kappa shape index (κ1) is 10.9. The average molecular weight is 197 g/mol. The summed E-state index contributed by atoms with van der Waals surface area (Å²) in [4.78, 5) is 0. The molecule has 0 bridgehead atoms. The number of hydrogen-bond donors (Lipinski definition) is 1. The van der Waals surface area contributed by atoms with Crippen LogP contribution in [0.25, 0.3) is 0 Å². The third-order valence-electron chi connectivity index (χ3n) is 2.28. The highest BCUT2D eigenvalue weighted by atomic mass is 19.2. The van der Waals surface area contributed by atoms with E-state index in [-0.39, 0.29) is 11.5 Å². The minimum Gasteiger partial charge on any atom is -0.323 e. The smallest absolute Gasteiger partial charge is 0.163 e. The number of halogens is 2. The minimum atomic E-state index is -0.867. The predicted molar refractivity (Wildman–Crippen MR) is 52.6 cm³/mol. The lowest BCUT2D eigenvalue weighted by Crippen LogP contribution is -2.19. The molecule has 0 saturated heterocycles. The Bertz CT molecular complexity index is 336. The summed E-state index contributed by atoms with van der Waals surface area (Å²) in [7, 11) is 0. The molecular formula is C11H13F2N. The maximum absolute atomic E-state index is 13.3. The normalized spacial score (nSPS) is 14.9. The Kier molecular flexibility index (Phi) is 3.36. The van der Waals surface area contributed by atoms with E-state index in [4.69, 9.17) is 5.73 Å². The highest BCUT2D eigenvalue weighted by molar-refractivity contribution is 5.23. The third kappa shape index (κ3) is 1.99. The molecule has 0 unspecified atom stereocenters. The van der Waals surface area contributed by atoms with E-state index >= 15 is 0 Å². The van der Waals surface area contributed by atoms with Crippen LogP contribution < -0.4 is 5.73 Å². The molecule has 0 aromatic heterocycles. The van der Waals surface area contributed by atoms with E-state index in [9.17, 15) is 8.78 Å². The van der Waals surface area contributed by atoms with Crippen LogP contribution in [0.2, 0.25) is 0 Å². The van der Waals surface area contributed by atoms with Crippen LogP contribution in [0.1, 0.15) is 18.5 Å². The Morgan fingerprint density at radius 2 is 2.07 bits per heavy atom. The number of rotatable bonds is 3. The zero-order valence-electron chi connectivity index (χ0n) is 8.00. The molecule has 0 aliphatic heterocycles. The van der Waals surface area contributed by atoms with Gasteiger partial charge in [-0.2, -0.15) is 0 Å². The molecule has 0 aliphatic carbocycles. The summed E-state index contributed by atoms with van der Waals surface area (Å²) in [5.74, 6) is -1.82. The van der Waals surface area contributed by atoms with Gasteiger partial charge in [0.25, 0.3) is 0 Å². The fraction of sp³-hybridized carbons (Fsp3) is 0.273. The van der Waals surface area contributed by atoms with Crippen molar-refractivity contribution in [3.63, 3.8) is 0 Å². The third-order valence-corrected chi connectivity index (χ3v) is 2.28. The van der Waals surface area contributed by atoms with Crippen LogP contribution in [0.3, 0.4) is 0 Å². The lowest BCUT2D eigenvalue weighted by molar-refractivity contribution is 0.469. The van der Waals surface area contributed by atoms with Gasteiger partial charge in [0.1, 0.15) is 0 Å². The molecule has 1 nitrogen and oxygen atoms in total. The zero-order valence-corrected chi connectivity index (χ0v) is 8.00. The van der Waals surface area contributed by atoms with E-state index in [1.165, 1.54) is 12.1 Å². The van der Waals surface area contributed by atoms with Gasteiger partial charge in [0.15, 0.2) is 11.6 Å². The van der Waals surface area contributed by atoms with Crippen LogP contribution in [-0.2, 0) is 0 Å². The van der Waals surface area contributed by atoms with Gasteiger partial charge in [0.05, 0.1) is 0 Å². The molecule has 0 aliphatic rings. The van der Waals surface area contributed by atoms with E-state index in [1.54, 1.807) is 6.08 Å². The second-order valence-electron chi connectivity index (χ2n) is 3.26. The Morgan fingerprint density at radius 1 is 1.43 bits per heavy atom. The highest BCUT2D eigenvalue weighted by Gasteiger charge is 2.17. The van der Waals surface area contributed by atoms with E-state index in [0.717, 1.165) is 6.07 Å². The first-order valence-corrected chi connectivity index (χ1v) is 4.40.